The van der Waals surface area contributed by atoms with E-state index in [1.165, 1.54) is 17.7 Å². The Balaban J connectivity index is 0.000000231. The molecule has 0 fully saturated rings. The Kier molecular flexibility index (Phi) is 7.16. The van der Waals surface area contributed by atoms with Gasteiger partial charge >= 0.3 is 5.97 Å². The van der Waals surface area contributed by atoms with Crippen LogP contribution in [0, 0.1) is 30.9 Å². The third kappa shape index (κ3) is 5.07. The molecule has 157 valence electrons. The van der Waals surface area contributed by atoms with Gasteiger partial charge in [0.1, 0.15) is 0 Å². The van der Waals surface area contributed by atoms with Crippen molar-refractivity contribution in [1.82, 2.24) is 4.73 Å². The van der Waals surface area contributed by atoms with E-state index in [0.29, 0.717) is 17.7 Å². The number of anilines is 2. The predicted molar refractivity (Wildman–Crippen MR) is 119 cm³/mol. The van der Waals surface area contributed by atoms with Crippen LogP contribution in [0.5, 0.6) is 0 Å². The summed E-state index contributed by atoms with van der Waals surface area (Å²) < 4.78 is 1.43. The largest absolute Gasteiger partial charge is 0.398 e. The van der Waals surface area contributed by atoms with Crippen molar-refractivity contribution in [2.75, 3.05) is 11.1 Å². The van der Waals surface area contributed by atoms with Crippen LogP contribution >= 0.6 is 0 Å². The number of rotatable bonds is 2. The maximum atomic E-state index is 11.6. The third-order valence-electron chi connectivity index (χ3n) is 4.71. The van der Waals surface area contributed by atoms with Crippen LogP contribution in [0.15, 0.2) is 30.5 Å². The quantitative estimate of drug-likeness (QED) is 0.285. The second-order valence-electron chi connectivity index (χ2n) is 7.25. The molecular weight excluding hydrogens is 395 g/mol. The first kappa shape index (κ1) is 24.0. The number of nitrogens with zero attached hydrogens (tertiary/aromatic N) is 2. The van der Waals surface area contributed by atoms with Crippen LogP contribution in [-0.2, 0) is 16.0 Å². The second-order valence-corrected chi connectivity index (χ2v) is 7.25. The molecule has 0 saturated carbocycles. The van der Waals surface area contributed by atoms with E-state index in [-0.39, 0.29) is 36.4 Å². The zero-order valence-corrected chi connectivity index (χ0v) is 18.1. The van der Waals surface area contributed by atoms with Gasteiger partial charge in [0, 0.05) is 54.7 Å². The summed E-state index contributed by atoms with van der Waals surface area (Å²) in [4.78, 5) is 37.8. The molecule has 1 amide bonds. The smallest absolute Gasteiger partial charge is 0.329 e. The molecule has 3 N–H and O–H groups in total. The van der Waals surface area contributed by atoms with Gasteiger partial charge in [-0.05, 0) is 55.7 Å². The summed E-state index contributed by atoms with van der Waals surface area (Å²) in [5, 5.41) is 14.3. The summed E-state index contributed by atoms with van der Waals surface area (Å²) >= 11 is 0. The van der Waals surface area contributed by atoms with Gasteiger partial charge in [-0.1, -0.05) is 0 Å². The van der Waals surface area contributed by atoms with E-state index in [2.05, 4.69) is 5.32 Å². The Labute approximate surface area is 190 Å². The van der Waals surface area contributed by atoms with Crippen molar-refractivity contribution in [2.24, 2.45) is 0 Å². The van der Waals surface area contributed by atoms with Crippen molar-refractivity contribution in [3.63, 3.8) is 0 Å². The first-order chi connectivity index (χ1) is 14.1. The van der Waals surface area contributed by atoms with E-state index in [9.17, 15) is 19.7 Å². The van der Waals surface area contributed by atoms with Crippen molar-refractivity contribution < 1.29 is 19.3 Å². The molecule has 0 unspecified atom stereocenters. The molecule has 9 nitrogen and oxygen atoms in total. The van der Waals surface area contributed by atoms with Gasteiger partial charge in [0.15, 0.2) is 0 Å². The summed E-state index contributed by atoms with van der Waals surface area (Å²) in [5.41, 5.74) is 10.9. The standard InChI is InChI=1S/C13H12N2O3.C8H10N2O2.Li/c1-7-3-10-13-9(5-12(17)14-10)6-15(11(13)4-7)18-8(2)16;1-5-3-7(9)6(2)8(4-5)10(11)12;/h3-4,6H,5H2,1-2H3,(H,14,17);3-4H,9H2,1-2H3;. The Morgan fingerprint density at radius 2 is 1.84 bits per heavy atom. The van der Waals surface area contributed by atoms with E-state index in [1.807, 2.05) is 19.1 Å². The van der Waals surface area contributed by atoms with Gasteiger partial charge in [0.05, 0.1) is 22.5 Å². The number of benzene rings is 2. The summed E-state index contributed by atoms with van der Waals surface area (Å²) in [6.07, 6.45) is 2.01. The zero-order chi connectivity index (χ0) is 22.2. The second kappa shape index (κ2) is 9.25. The van der Waals surface area contributed by atoms with Gasteiger partial charge in [-0.3, -0.25) is 14.9 Å². The first-order valence-electron chi connectivity index (χ1n) is 9.21. The topological polar surface area (TPSA) is 129 Å². The predicted octanol–water partition coefficient (Wildman–Crippen LogP) is 2.83. The molecule has 0 saturated heterocycles. The van der Waals surface area contributed by atoms with Gasteiger partial charge in [-0.15, -0.1) is 0 Å². The first-order valence-corrected chi connectivity index (χ1v) is 9.21. The minimum absolute atomic E-state index is 0. The number of nitrogens with one attached hydrogen (secondary N) is 1. The van der Waals surface area contributed by atoms with E-state index >= 15 is 0 Å². The van der Waals surface area contributed by atoms with Crippen LogP contribution in [0.2, 0.25) is 0 Å². The fourth-order valence-electron chi connectivity index (χ4n) is 3.42. The number of nitrogens with two attached hydrogens (primary N) is 1. The number of aromatic nitrogens is 1. The minimum Gasteiger partial charge on any atom is -0.398 e. The Morgan fingerprint density at radius 1 is 1.19 bits per heavy atom. The van der Waals surface area contributed by atoms with Gasteiger partial charge in [-0.2, -0.15) is 4.73 Å². The average Bonchev–Trinajstić information content (AvgIpc) is 2.95. The fourth-order valence-corrected chi connectivity index (χ4v) is 3.42. The summed E-state index contributed by atoms with van der Waals surface area (Å²) in [5.74, 6) is -0.435. The number of hydrogen-bond acceptors (Lipinski definition) is 6. The summed E-state index contributed by atoms with van der Waals surface area (Å²) in [7, 11) is 0. The number of nitro benzene ring substituents is 1. The van der Waals surface area contributed by atoms with Crippen molar-refractivity contribution in [2.45, 2.75) is 34.1 Å². The molecule has 10 heteroatoms. The van der Waals surface area contributed by atoms with Crippen molar-refractivity contribution >= 4 is 58.7 Å². The number of amides is 1. The monoisotopic (exact) mass is 417 g/mol. The summed E-state index contributed by atoms with van der Waals surface area (Å²) in [6.45, 7) is 6.71. The van der Waals surface area contributed by atoms with E-state index in [0.717, 1.165) is 33.3 Å². The molecule has 0 aliphatic carbocycles. The molecular formula is C21H22LiN4O5. The van der Waals surface area contributed by atoms with E-state index < -0.39 is 4.92 Å². The molecule has 31 heavy (non-hydrogen) atoms. The number of hydrogen-bond donors (Lipinski definition) is 2. The van der Waals surface area contributed by atoms with Crippen LogP contribution in [0.3, 0.4) is 0 Å². The Hall–Kier alpha value is -3.28. The number of nitro groups is 1. The van der Waals surface area contributed by atoms with Crippen LogP contribution in [0.1, 0.15) is 29.2 Å². The Bertz CT molecular complexity index is 1200. The average molecular weight is 417 g/mol. The van der Waals surface area contributed by atoms with Crippen LogP contribution < -0.4 is 15.9 Å². The van der Waals surface area contributed by atoms with Crippen molar-refractivity contribution in [1.29, 1.82) is 0 Å². The fraction of sp³-hybridized carbons (Fsp3) is 0.238. The van der Waals surface area contributed by atoms with Crippen LogP contribution in [0.4, 0.5) is 17.1 Å². The van der Waals surface area contributed by atoms with Gasteiger partial charge in [0.25, 0.3) is 5.69 Å². The van der Waals surface area contributed by atoms with Gasteiger partial charge in [-0.25, -0.2) is 4.79 Å². The van der Waals surface area contributed by atoms with Crippen molar-refractivity contribution in [3.05, 3.63) is 62.8 Å². The van der Waals surface area contributed by atoms with E-state index in [1.54, 1.807) is 26.1 Å². The normalized spacial score (nSPS) is 11.7. The molecule has 2 heterocycles. The van der Waals surface area contributed by atoms with Crippen molar-refractivity contribution in [3.8, 4) is 0 Å². The molecule has 1 radical (unpaired) electrons. The molecule has 0 bridgehead atoms. The number of carbonyl (C=O) groups is 2. The van der Waals surface area contributed by atoms with Gasteiger partial charge < -0.3 is 15.9 Å². The maximum absolute atomic E-state index is 11.6. The molecule has 2 aromatic carbocycles. The molecule has 4 rings (SSSR count). The number of nitrogen functional groups attached to an aromatic ring is 1. The van der Waals surface area contributed by atoms with E-state index in [4.69, 9.17) is 10.6 Å². The molecule has 0 spiro atoms. The Morgan fingerprint density at radius 3 is 2.45 bits per heavy atom. The van der Waals surface area contributed by atoms with Gasteiger partial charge in [0.2, 0.25) is 5.91 Å². The number of carbonyl (C=O) groups excluding carboxylic acids is 2. The van der Waals surface area contributed by atoms with Crippen LogP contribution in [-0.4, -0.2) is 40.4 Å². The summed E-state index contributed by atoms with van der Waals surface area (Å²) in [6, 6.07) is 7.10. The molecule has 1 aliphatic heterocycles. The van der Waals surface area contributed by atoms with Crippen LogP contribution in [0.25, 0.3) is 10.9 Å². The third-order valence-corrected chi connectivity index (χ3v) is 4.71. The zero-order valence-electron chi connectivity index (χ0n) is 18.1. The number of aryl methyl sites for hydroxylation is 2. The SMILES string of the molecule is CC(=O)On1cc2c3c(cc(C)cc31)NC(=O)C2.Cc1cc(N)c(C)c([N+](=O)[O-])c1.[Li]. The molecule has 3 aromatic rings. The maximum Gasteiger partial charge on any atom is 0.329 e. The molecule has 1 aliphatic rings. The minimum atomic E-state index is -0.418. The molecule has 0 atom stereocenters. The molecule has 1 aromatic heterocycles.